The second kappa shape index (κ2) is 7.78. The molecule has 3 rings (SSSR count). The predicted octanol–water partition coefficient (Wildman–Crippen LogP) is -0.256. The van der Waals surface area contributed by atoms with Crippen LogP contribution in [0.5, 0.6) is 0 Å². The Bertz CT molecular complexity index is 867. The molecule has 2 aliphatic heterocycles. The summed E-state index contributed by atoms with van der Waals surface area (Å²) < 4.78 is 0. The minimum atomic E-state index is -1.19. The molecule has 2 atom stereocenters. The van der Waals surface area contributed by atoms with E-state index in [-0.39, 0.29) is 28.0 Å². The fourth-order valence-electron chi connectivity index (χ4n) is 2.71. The number of nitrogens with one attached hydrogen (secondary N) is 1. The number of thiol groups is 1. The molecular formula is C14H15N5O5S3. The number of carbonyl (C=O) groups excluding carboxylic acids is 2. The molecule has 4 N–H and O–H groups in total. The standard InChI is InChI=1S/C14H15N5O5S3/c1-24-18-7(6-4-27-14(15)16-6)10(20)17-8-11(21)19-9(13(22)23)5(2-25)3-26-12(8)19/h4,8,12,25H,2-3H2,1H3,(H2,15,16)(H,17,20)(H,22,23)/t8?,12-/m0/s1. The van der Waals surface area contributed by atoms with Crippen LogP contribution in [0.4, 0.5) is 5.13 Å². The van der Waals surface area contributed by atoms with Gasteiger partial charge in [0.2, 0.25) is 0 Å². The van der Waals surface area contributed by atoms with E-state index in [1.165, 1.54) is 23.8 Å². The van der Waals surface area contributed by atoms with E-state index < -0.39 is 29.2 Å². The maximum absolute atomic E-state index is 12.6. The first-order valence-electron chi connectivity index (χ1n) is 7.53. The minimum Gasteiger partial charge on any atom is -0.477 e. The molecule has 144 valence electrons. The number of amides is 2. The summed E-state index contributed by atoms with van der Waals surface area (Å²) in [7, 11) is 1.28. The Morgan fingerprint density at radius 1 is 1.59 bits per heavy atom. The Balaban J connectivity index is 1.79. The van der Waals surface area contributed by atoms with Crippen molar-refractivity contribution >= 4 is 64.4 Å². The van der Waals surface area contributed by atoms with Crippen molar-refractivity contribution in [3.8, 4) is 0 Å². The van der Waals surface area contributed by atoms with Crippen molar-refractivity contribution in [1.29, 1.82) is 0 Å². The van der Waals surface area contributed by atoms with Gasteiger partial charge in [-0.15, -0.1) is 23.1 Å². The number of oxime groups is 1. The third-order valence-corrected chi connectivity index (χ3v) is 6.28. The number of nitrogen functional groups attached to an aromatic ring is 1. The molecule has 2 amide bonds. The largest absolute Gasteiger partial charge is 0.477 e. The highest BCUT2D eigenvalue weighted by atomic mass is 32.2. The van der Waals surface area contributed by atoms with Crippen LogP contribution in [0.3, 0.4) is 0 Å². The van der Waals surface area contributed by atoms with Gasteiger partial charge < -0.3 is 21.0 Å². The van der Waals surface area contributed by atoms with E-state index >= 15 is 0 Å². The van der Waals surface area contributed by atoms with Crippen molar-refractivity contribution in [3.05, 3.63) is 22.3 Å². The van der Waals surface area contributed by atoms with Crippen LogP contribution < -0.4 is 11.1 Å². The number of aromatic nitrogens is 1. The number of hydrogen-bond donors (Lipinski definition) is 4. The van der Waals surface area contributed by atoms with E-state index in [1.54, 1.807) is 5.38 Å². The zero-order valence-corrected chi connectivity index (χ0v) is 16.4. The van der Waals surface area contributed by atoms with Crippen molar-refractivity contribution < 1.29 is 24.3 Å². The van der Waals surface area contributed by atoms with Crippen molar-refractivity contribution in [2.24, 2.45) is 5.16 Å². The highest BCUT2D eigenvalue weighted by Crippen LogP contribution is 2.40. The Morgan fingerprint density at radius 3 is 2.89 bits per heavy atom. The van der Waals surface area contributed by atoms with Gasteiger partial charge in [-0.25, -0.2) is 9.78 Å². The average Bonchev–Trinajstić information content (AvgIpc) is 3.08. The molecule has 2 aliphatic rings. The summed E-state index contributed by atoms with van der Waals surface area (Å²) in [4.78, 5) is 46.5. The van der Waals surface area contributed by atoms with Gasteiger partial charge in [-0.2, -0.15) is 12.6 Å². The summed E-state index contributed by atoms with van der Waals surface area (Å²) in [6, 6.07) is -0.878. The van der Waals surface area contributed by atoms with E-state index in [0.717, 1.165) is 11.3 Å². The van der Waals surface area contributed by atoms with Gasteiger partial charge in [0.15, 0.2) is 10.8 Å². The van der Waals surface area contributed by atoms with Gasteiger partial charge in [-0.3, -0.25) is 14.5 Å². The molecule has 0 aliphatic carbocycles. The number of carboxylic acid groups (broad SMARTS) is 1. The second-order valence-corrected chi connectivity index (χ2v) is 7.78. The summed E-state index contributed by atoms with van der Waals surface area (Å²) in [5.41, 5.74) is 6.17. The number of nitrogens with two attached hydrogens (primary N) is 1. The molecule has 0 saturated carbocycles. The number of nitrogens with zero attached hydrogens (tertiary/aromatic N) is 3. The van der Waals surface area contributed by atoms with Gasteiger partial charge in [-0.1, -0.05) is 5.16 Å². The van der Waals surface area contributed by atoms with Crippen LogP contribution in [0.25, 0.3) is 0 Å². The molecule has 1 fully saturated rings. The van der Waals surface area contributed by atoms with Crippen LogP contribution in [-0.2, 0) is 19.2 Å². The molecule has 1 unspecified atom stereocenters. The van der Waals surface area contributed by atoms with Crippen molar-refractivity contribution in [2.45, 2.75) is 11.4 Å². The van der Waals surface area contributed by atoms with Crippen molar-refractivity contribution in [1.82, 2.24) is 15.2 Å². The molecule has 0 aromatic carbocycles. The first-order valence-corrected chi connectivity index (χ1v) is 10.1. The maximum Gasteiger partial charge on any atom is 0.352 e. The van der Waals surface area contributed by atoms with E-state index in [9.17, 15) is 19.5 Å². The van der Waals surface area contributed by atoms with Crippen molar-refractivity contribution in [3.63, 3.8) is 0 Å². The monoisotopic (exact) mass is 429 g/mol. The summed E-state index contributed by atoms with van der Waals surface area (Å²) in [6.07, 6.45) is 0. The average molecular weight is 430 g/mol. The lowest BCUT2D eigenvalue weighted by atomic mass is 10.0. The molecule has 13 heteroatoms. The number of fused-ring (bicyclic) bond motifs is 1. The third kappa shape index (κ3) is 3.49. The Labute approximate surface area is 167 Å². The molecular weight excluding hydrogens is 414 g/mol. The molecule has 1 saturated heterocycles. The van der Waals surface area contributed by atoms with Gasteiger partial charge in [0.1, 0.15) is 29.9 Å². The highest BCUT2D eigenvalue weighted by molar-refractivity contribution is 8.00. The molecule has 3 heterocycles. The first kappa shape index (κ1) is 19.5. The summed E-state index contributed by atoms with van der Waals surface area (Å²) in [6.45, 7) is 0. The van der Waals surface area contributed by atoms with Crippen molar-refractivity contribution in [2.75, 3.05) is 24.3 Å². The van der Waals surface area contributed by atoms with Gasteiger partial charge in [0.25, 0.3) is 11.8 Å². The van der Waals surface area contributed by atoms with E-state index in [1.807, 2.05) is 0 Å². The van der Waals surface area contributed by atoms with Crippen LogP contribution in [0.15, 0.2) is 21.8 Å². The molecule has 0 radical (unpaired) electrons. The first-order chi connectivity index (χ1) is 12.9. The molecule has 10 nitrogen and oxygen atoms in total. The molecule has 1 aromatic heterocycles. The molecule has 0 bridgehead atoms. The Morgan fingerprint density at radius 2 is 2.33 bits per heavy atom. The number of anilines is 1. The van der Waals surface area contributed by atoms with Crippen LogP contribution >= 0.6 is 35.7 Å². The normalized spacial score (nSPS) is 22.2. The highest BCUT2D eigenvalue weighted by Gasteiger charge is 2.54. The van der Waals surface area contributed by atoms with Crippen LogP contribution in [0, 0.1) is 0 Å². The molecule has 27 heavy (non-hydrogen) atoms. The minimum absolute atomic E-state index is 0.0673. The summed E-state index contributed by atoms with van der Waals surface area (Å²) in [5, 5.41) is 16.9. The topological polar surface area (TPSA) is 147 Å². The van der Waals surface area contributed by atoms with Crippen LogP contribution in [0.2, 0.25) is 0 Å². The predicted molar refractivity (Wildman–Crippen MR) is 104 cm³/mol. The van der Waals surface area contributed by atoms with Crippen LogP contribution in [-0.4, -0.2) is 68.5 Å². The smallest absolute Gasteiger partial charge is 0.352 e. The quantitative estimate of drug-likeness (QED) is 0.209. The summed E-state index contributed by atoms with van der Waals surface area (Å²) in [5.74, 6) is -1.72. The SMILES string of the molecule is CON=C(C(=O)NC1C(=O)N2C(C(=O)O)=C(CS)CS[C@@H]12)c1csc(N)n1. The number of β-lactam (4-membered cyclic amide) rings is 1. The molecule has 0 spiro atoms. The number of thioether (sulfide) groups is 1. The Hall–Kier alpha value is -2.25. The number of thiazole rings is 1. The zero-order chi connectivity index (χ0) is 19.7. The van der Waals surface area contributed by atoms with Crippen LogP contribution in [0.1, 0.15) is 5.69 Å². The number of rotatable bonds is 6. The van der Waals surface area contributed by atoms with E-state index in [4.69, 9.17) is 5.73 Å². The number of carboxylic acids is 1. The van der Waals surface area contributed by atoms with Gasteiger partial charge in [-0.05, 0) is 5.57 Å². The zero-order valence-electron chi connectivity index (χ0n) is 13.9. The van der Waals surface area contributed by atoms with Gasteiger partial charge in [0.05, 0.1) is 0 Å². The van der Waals surface area contributed by atoms with E-state index in [2.05, 4.69) is 32.9 Å². The lowest BCUT2D eigenvalue weighted by Gasteiger charge is -2.49. The Kier molecular flexibility index (Phi) is 5.62. The molecule has 1 aromatic rings. The van der Waals surface area contributed by atoms with E-state index in [0.29, 0.717) is 11.3 Å². The second-order valence-electron chi connectivity index (χ2n) is 5.47. The van der Waals surface area contributed by atoms with Gasteiger partial charge in [0, 0.05) is 16.9 Å². The summed E-state index contributed by atoms with van der Waals surface area (Å²) >= 11 is 6.62. The third-order valence-electron chi connectivity index (χ3n) is 3.89. The lowest BCUT2D eigenvalue weighted by molar-refractivity contribution is -0.150. The number of aliphatic carboxylic acids is 1. The fourth-order valence-corrected chi connectivity index (χ4v) is 5.01. The lowest BCUT2D eigenvalue weighted by Crippen LogP contribution is -2.71. The van der Waals surface area contributed by atoms with Gasteiger partial charge >= 0.3 is 5.97 Å². The number of hydrogen-bond acceptors (Lipinski definition) is 10. The maximum atomic E-state index is 12.6. The number of carbonyl (C=O) groups is 3. The fraction of sp³-hybridized carbons (Fsp3) is 0.357.